The molecule has 0 bridgehead atoms. The van der Waals surface area contributed by atoms with Crippen molar-refractivity contribution < 1.29 is 9.53 Å². The third kappa shape index (κ3) is 4.31. The van der Waals surface area contributed by atoms with E-state index in [1.54, 1.807) is 12.4 Å². The molecule has 0 aliphatic carbocycles. The van der Waals surface area contributed by atoms with Crippen LogP contribution in [-0.2, 0) is 11.2 Å². The second-order valence-corrected chi connectivity index (χ2v) is 9.09. The molecule has 3 aliphatic heterocycles. The van der Waals surface area contributed by atoms with Gasteiger partial charge in [0, 0.05) is 80.6 Å². The molecule has 1 aromatic carbocycles. The largest absolute Gasteiger partial charge is 0.378 e. The highest BCUT2D eigenvalue weighted by Gasteiger charge is 2.29. The van der Waals surface area contributed by atoms with E-state index < -0.39 is 0 Å². The van der Waals surface area contributed by atoms with Crippen LogP contribution in [0.4, 0.5) is 23.4 Å². The number of carbonyl (C=O) groups excluding carboxylic acids is 1. The van der Waals surface area contributed by atoms with Crippen molar-refractivity contribution in [1.29, 1.82) is 0 Å². The van der Waals surface area contributed by atoms with Gasteiger partial charge < -0.3 is 30.5 Å². The molecule has 36 heavy (non-hydrogen) atoms. The summed E-state index contributed by atoms with van der Waals surface area (Å²) in [7, 11) is 0. The first-order chi connectivity index (χ1) is 17.7. The molecule has 2 saturated heterocycles. The van der Waals surface area contributed by atoms with Crippen LogP contribution in [0, 0.1) is 0 Å². The molecule has 6 rings (SSSR count). The number of morpholine rings is 1. The highest BCUT2D eigenvalue weighted by atomic mass is 16.5. The predicted octanol–water partition coefficient (Wildman–Crippen LogP) is 1.09. The maximum absolute atomic E-state index is 12.9. The van der Waals surface area contributed by atoms with Crippen molar-refractivity contribution in [1.82, 2.24) is 30.2 Å². The van der Waals surface area contributed by atoms with Crippen molar-refractivity contribution in [3.05, 3.63) is 47.8 Å². The number of hydrogen-bond donors (Lipinski definition) is 2. The van der Waals surface area contributed by atoms with Crippen LogP contribution in [0.15, 0.2) is 36.7 Å². The van der Waals surface area contributed by atoms with Crippen molar-refractivity contribution in [3.8, 4) is 11.3 Å². The molecule has 0 saturated carbocycles. The molecule has 0 unspecified atom stereocenters. The van der Waals surface area contributed by atoms with Crippen molar-refractivity contribution in [2.24, 2.45) is 0 Å². The van der Waals surface area contributed by atoms with Crippen molar-refractivity contribution in [3.63, 3.8) is 0 Å². The summed E-state index contributed by atoms with van der Waals surface area (Å²) in [4.78, 5) is 37.5. The number of fused-ring (bicyclic) bond motifs is 1. The van der Waals surface area contributed by atoms with Gasteiger partial charge in [0.25, 0.3) is 5.91 Å². The smallest absolute Gasteiger partial charge is 0.253 e. The Hall–Kier alpha value is -3.83. The molecule has 11 nitrogen and oxygen atoms in total. The van der Waals surface area contributed by atoms with E-state index in [0.717, 1.165) is 80.6 Å². The minimum atomic E-state index is 0.0763. The Morgan fingerprint density at radius 1 is 0.944 bits per heavy atom. The lowest BCUT2D eigenvalue weighted by atomic mass is 10.1. The number of piperazine rings is 1. The molecule has 186 valence electrons. The summed E-state index contributed by atoms with van der Waals surface area (Å²) in [5, 5.41) is 3.29. The summed E-state index contributed by atoms with van der Waals surface area (Å²) in [6.07, 6.45) is 4.22. The standard InChI is InChI=1S/C25H29N9O2/c26-24-28-15-18(16-29-24)21-20-5-8-34(22(20)31-25(30-21)33-11-13-36-14-12-33)19-3-1-17(2-4-19)23(35)32-9-6-27-7-10-32/h1-4,15-16,27H,5-14H2,(H2,26,28,29). The zero-order valence-corrected chi connectivity index (χ0v) is 20.1. The average molecular weight is 488 g/mol. The molecule has 3 N–H and O–H groups in total. The summed E-state index contributed by atoms with van der Waals surface area (Å²) in [6, 6.07) is 7.84. The van der Waals surface area contributed by atoms with Crippen LogP contribution in [0.1, 0.15) is 15.9 Å². The fourth-order valence-corrected chi connectivity index (χ4v) is 4.93. The number of aromatic nitrogens is 4. The van der Waals surface area contributed by atoms with Gasteiger partial charge in [-0.25, -0.2) is 15.0 Å². The van der Waals surface area contributed by atoms with E-state index in [0.29, 0.717) is 24.7 Å². The van der Waals surface area contributed by atoms with E-state index in [-0.39, 0.29) is 11.9 Å². The van der Waals surface area contributed by atoms with Gasteiger partial charge in [-0.1, -0.05) is 0 Å². The lowest BCUT2D eigenvalue weighted by molar-refractivity contribution is 0.0736. The van der Waals surface area contributed by atoms with Crippen LogP contribution < -0.4 is 20.9 Å². The maximum Gasteiger partial charge on any atom is 0.253 e. The Morgan fingerprint density at radius 2 is 1.67 bits per heavy atom. The van der Waals surface area contributed by atoms with Gasteiger partial charge in [-0.15, -0.1) is 0 Å². The van der Waals surface area contributed by atoms with Gasteiger partial charge in [0.15, 0.2) is 0 Å². The van der Waals surface area contributed by atoms with Gasteiger partial charge >= 0.3 is 0 Å². The fourth-order valence-electron chi connectivity index (χ4n) is 4.93. The Morgan fingerprint density at radius 3 is 2.39 bits per heavy atom. The molecule has 2 aromatic heterocycles. The molecule has 11 heteroatoms. The first kappa shape index (κ1) is 22.6. The summed E-state index contributed by atoms with van der Waals surface area (Å²) < 4.78 is 5.53. The topological polar surface area (TPSA) is 126 Å². The summed E-state index contributed by atoms with van der Waals surface area (Å²) in [6.45, 7) is 6.67. The number of anilines is 4. The highest BCUT2D eigenvalue weighted by Crippen LogP contribution is 2.39. The molecule has 2 fully saturated rings. The van der Waals surface area contributed by atoms with Crippen LogP contribution in [-0.4, -0.2) is 89.8 Å². The van der Waals surface area contributed by atoms with Gasteiger partial charge in [0.2, 0.25) is 11.9 Å². The Bertz CT molecular complexity index is 1240. The number of ether oxygens (including phenoxy) is 1. The quantitative estimate of drug-likeness (QED) is 0.552. The average Bonchev–Trinajstić information content (AvgIpc) is 3.38. The SMILES string of the molecule is Nc1ncc(-c2nc(N3CCOCC3)nc3c2CCN3c2ccc(C(=O)N3CCNCC3)cc2)cn1. The van der Waals surface area contributed by atoms with E-state index in [2.05, 4.69) is 25.1 Å². The Balaban J connectivity index is 1.34. The van der Waals surface area contributed by atoms with Crippen molar-refractivity contribution in [2.45, 2.75) is 6.42 Å². The number of nitrogens with one attached hydrogen (secondary N) is 1. The van der Waals surface area contributed by atoms with E-state index in [4.69, 9.17) is 20.4 Å². The minimum Gasteiger partial charge on any atom is -0.378 e. The zero-order chi connectivity index (χ0) is 24.5. The number of nitrogens with two attached hydrogens (primary N) is 1. The van der Waals surface area contributed by atoms with Crippen molar-refractivity contribution >= 4 is 29.3 Å². The molecule has 3 aliphatic rings. The normalized spacial score (nSPS) is 17.8. The molecular weight excluding hydrogens is 458 g/mol. The molecule has 0 spiro atoms. The first-order valence-corrected chi connectivity index (χ1v) is 12.4. The second-order valence-electron chi connectivity index (χ2n) is 9.09. The molecule has 5 heterocycles. The Labute approximate surface area is 209 Å². The number of hydrogen-bond acceptors (Lipinski definition) is 10. The third-order valence-electron chi connectivity index (χ3n) is 6.88. The third-order valence-corrected chi connectivity index (χ3v) is 6.88. The van der Waals surface area contributed by atoms with Crippen LogP contribution in [0.25, 0.3) is 11.3 Å². The van der Waals surface area contributed by atoms with E-state index in [1.807, 2.05) is 29.2 Å². The number of benzene rings is 1. The lowest BCUT2D eigenvalue weighted by Gasteiger charge is -2.28. The van der Waals surface area contributed by atoms with Crippen LogP contribution in [0.2, 0.25) is 0 Å². The first-order valence-electron chi connectivity index (χ1n) is 12.4. The molecule has 1 amide bonds. The fraction of sp³-hybridized carbons (Fsp3) is 0.400. The summed E-state index contributed by atoms with van der Waals surface area (Å²) in [5.41, 5.74) is 10.1. The minimum absolute atomic E-state index is 0.0763. The zero-order valence-electron chi connectivity index (χ0n) is 20.1. The van der Waals surface area contributed by atoms with Gasteiger partial charge in [-0.05, 0) is 30.7 Å². The monoisotopic (exact) mass is 487 g/mol. The van der Waals surface area contributed by atoms with Crippen molar-refractivity contribution in [2.75, 3.05) is 74.6 Å². The maximum atomic E-state index is 12.9. The molecule has 0 radical (unpaired) electrons. The Kier molecular flexibility index (Phi) is 6.08. The number of carbonyl (C=O) groups is 1. The van der Waals surface area contributed by atoms with E-state index in [1.165, 1.54) is 0 Å². The molecule has 3 aromatic rings. The predicted molar refractivity (Wildman–Crippen MR) is 136 cm³/mol. The number of nitrogen functional groups attached to an aromatic ring is 1. The second kappa shape index (κ2) is 9.67. The summed E-state index contributed by atoms with van der Waals surface area (Å²) in [5.74, 6) is 1.85. The van der Waals surface area contributed by atoms with E-state index in [9.17, 15) is 4.79 Å². The van der Waals surface area contributed by atoms with Crippen LogP contribution >= 0.6 is 0 Å². The highest BCUT2D eigenvalue weighted by molar-refractivity contribution is 5.95. The summed E-state index contributed by atoms with van der Waals surface area (Å²) >= 11 is 0. The number of amides is 1. The number of rotatable bonds is 4. The molecule has 0 atom stereocenters. The molecular formula is C25H29N9O2. The van der Waals surface area contributed by atoms with Gasteiger partial charge in [0.1, 0.15) is 5.82 Å². The van der Waals surface area contributed by atoms with Gasteiger partial charge in [0.05, 0.1) is 18.9 Å². The van der Waals surface area contributed by atoms with E-state index >= 15 is 0 Å². The van der Waals surface area contributed by atoms with Gasteiger partial charge in [-0.3, -0.25) is 4.79 Å². The number of nitrogens with zero attached hydrogens (tertiary/aromatic N) is 7. The lowest BCUT2D eigenvalue weighted by Crippen LogP contribution is -2.46. The van der Waals surface area contributed by atoms with Crippen LogP contribution in [0.3, 0.4) is 0 Å². The van der Waals surface area contributed by atoms with Crippen LogP contribution in [0.5, 0.6) is 0 Å². The van der Waals surface area contributed by atoms with Gasteiger partial charge in [-0.2, -0.15) is 4.98 Å².